The highest BCUT2D eigenvalue weighted by Crippen LogP contribution is 2.06. The number of nitrogens with zero attached hydrogens (tertiary/aromatic N) is 1. The first kappa shape index (κ1) is 12.6. The lowest BCUT2D eigenvalue weighted by Gasteiger charge is -2.05. The van der Waals surface area contributed by atoms with E-state index in [9.17, 15) is 8.42 Å². The molecule has 1 aromatic carbocycles. The number of aromatic amines is 1. The zero-order valence-corrected chi connectivity index (χ0v) is 10.4. The van der Waals surface area contributed by atoms with Crippen molar-refractivity contribution in [2.75, 3.05) is 12.3 Å². The van der Waals surface area contributed by atoms with Crippen molar-refractivity contribution in [2.24, 2.45) is 0 Å². The van der Waals surface area contributed by atoms with Gasteiger partial charge in [0, 0.05) is 12.2 Å². The number of nitrogen functional groups attached to an aromatic ring is 1. The van der Waals surface area contributed by atoms with E-state index in [1.807, 2.05) is 12.1 Å². The van der Waals surface area contributed by atoms with Crippen LogP contribution in [-0.4, -0.2) is 25.2 Å². The fourth-order valence-electron chi connectivity index (χ4n) is 1.48. The maximum absolute atomic E-state index is 11.7. The zero-order chi connectivity index (χ0) is 13.0. The van der Waals surface area contributed by atoms with Crippen molar-refractivity contribution in [3.63, 3.8) is 0 Å². The first-order chi connectivity index (χ1) is 8.58. The van der Waals surface area contributed by atoms with Crippen molar-refractivity contribution in [3.8, 4) is 0 Å². The largest absolute Gasteiger partial charge is 0.399 e. The van der Waals surface area contributed by atoms with Crippen LogP contribution in [0.15, 0.2) is 41.6 Å². The molecule has 6 nitrogen and oxygen atoms in total. The second kappa shape index (κ2) is 5.19. The Labute approximate surface area is 105 Å². The van der Waals surface area contributed by atoms with E-state index in [1.165, 1.54) is 12.3 Å². The fraction of sp³-hybridized carbons (Fsp3) is 0.182. The average molecular weight is 266 g/mol. The van der Waals surface area contributed by atoms with Crippen LogP contribution >= 0.6 is 0 Å². The lowest BCUT2D eigenvalue weighted by atomic mass is 10.1. The Balaban J connectivity index is 1.91. The van der Waals surface area contributed by atoms with Crippen LogP contribution < -0.4 is 10.5 Å². The molecule has 4 N–H and O–H groups in total. The summed E-state index contributed by atoms with van der Waals surface area (Å²) in [4.78, 5) is 0. The van der Waals surface area contributed by atoms with Crippen molar-refractivity contribution >= 4 is 15.7 Å². The van der Waals surface area contributed by atoms with Gasteiger partial charge in [-0.3, -0.25) is 5.10 Å². The zero-order valence-electron chi connectivity index (χ0n) is 9.63. The molecular formula is C11H14N4O2S. The van der Waals surface area contributed by atoms with Crippen molar-refractivity contribution in [1.82, 2.24) is 14.9 Å². The number of benzene rings is 1. The first-order valence-electron chi connectivity index (χ1n) is 5.41. The lowest BCUT2D eigenvalue weighted by molar-refractivity contribution is 0.577. The molecule has 96 valence electrons. The van der Waals surface area contributed by atoms with Crippen molar-refractivity contribution < 1.29 is 8.42 Å². The van der Waals surface area contributed by atoms with Gasteiger partial charge in [-0.05, 0) is 30.2 Å². The molecule has 0 spiro atoms. The summed E-state index contributed by atoms with van der Waals surface area (Å²) in [7, 11) is -3.49. The van der Waals surface area contributed by atoms with Gasteiger partial charge >= 0.3 is 0 Å². The van der Waals surface area contributed by atoms with Gasteiger partial charge in [0.1, 0.15) is 0 Å². The van der Waals surface area contributed by atoms with E-state index < -0.39 is 10.0 Å². The van der Waals surface area contributed by atoms with E-state index in [-0.39, 0.29) is 5.03 Å². The lowest BCUT2D eigenvalue weighted by Crippen LogP contribution is -2.26. The number of aromatic nitrogens is 2. The maximum Gasteiger partial charge on any atom is 0.257 e. The van der Waals surface area contributed by atoms with E-state index in [2.05, 4.69) is 14.9 Å². The molecule has 0 unspecified atom stereocenters. The molecule has 0 radical (unpaired) electrons. The average Bonchev–Trinajstić information content (AvgIpc) is 2.86. The summed E-state index contributed by atoms with van der Waals surface area (Å²) < 4.78 is 26.0. The third kappa shape index (κ3) is 3.08. The Morgan fingerprint density at radius 1 is 1.22 bits per heavy atom. The van der Waals surface area contributed by atoms with Gasteiger partial charge in [0.2, 0.25) is 0 Å². The first-order valence-corrected chi connectivity index (χ1v) is 6.90. The molecule has 0 saturated carbocycles. The molecule has 0 bridgehead atoms. The third-order valence-corrected chi connectivity index (χ3v) is 3.84. The maximum atomic E-state index is 11.7. The monoisotopic (exact) mass is 266 g/mol. The molecule has 2 rings (SSSR count). The minimum atomic E-state index is -3.49. The van der Waals surface area contributed by atoms with E-state index in [4.69, 9.17) is 5.73 Å². The van der Waals surface area contributed by atoms with Crippen LogP contribution in [0.3, 0.4) is 0 Å². The molecule has 0 aliphatic heterocycles. The minimum absolute atomic E-state index is 0.0693. The summed E-state index contributed by atoms with van der Waals surface area (Å²) in [5.41, 5.74) is 7.28. The molecule has 18 heavy (non-hydrogen) atoms. The van der Waals surface area contributed by atoms with Gasteiger partial charge in [0.05, 0.1) is 6.20 Å². The summed E-state index contributed by atoms with van der Waals surface area (Å²) in [6, 6.07) is 8.74. The topological polar surface area (TPSA) is 101 Å². The van der Waals surface area contributed by atoms with Gasteiger partial charge in [0.15, 0.2) is 5.03 Å². The second-order valence-electron chi connectivity index (χ2n) is 3.81. The van der Waals surface area contributed by atoms with Crippen molar-refractivity contribution in [3.05, 3.63) is 42.1 Å². The van der Waals surface area contributed by atoms with Crippen LogP contribution in [0.25, 0.3) is 0 Å². The van der Waals surface area contributed by atoms with Crippen LogP contribution in [-0.2, 0) is 16.4 Å². The SMILES string of the molecule is Nc1ccc(CCNS(=O)(=O)c2ccn[nH]2)cc1. The Morgan fingerprint density at radius 2 is 1.94 bits per heavy atom. The quantitative estimate of drug-likeness (QED) is 0.686. The number of nitrogens with one attached hydrogen (secondary N) is 2. The molecule has 1 heterocycles. The van der Waals surface area contributed by atoms with Crippen LogP contribution in [0.5, 0.6) is 0 Å². The Hall–Kier alpha value is -1.86. The van der Waals surface area contributed by atoms with E-state index >= 15 is 0 Å². The number of rotatable bonds is 5. The Morgan fingerprint density at radius 3 is 2.56 bits per heavy atom. The number of anilines is 1. The summed E-state index contributed by atoms with van der Waals surface area (Å²) in [6.07, 6.45) is 2.00. The number of hydrogen-bond acceptors (Lipinski definition) is 4. The summed E-state index contributed by atoms with van der Waals surface area (Å²) in [5.74, 6) is 0. The van der Waals surface area contributed by atoms with E-state index in [0.29, 0.717) is 18.7 Å². The number of hydrogen-bond donors (Lipinski definition) is 3. The van der Waals surface area contributed by atoms with Crippen LogP contribution in [0.2, 0.25) is 0 Å². The van der Waals surface area contributed by atoms with Gasteiger partial charge in [-0.25, -0.2) is 13.1 Å². The molecule has 0 fully saturated rings. The predicted molar refractivity (Wildman–Crippen MR) is 68.3 cm³/mol. The summed E-state index contributed by atoms with van der Waals surface area (Å²) in [6.45, 7) is 0.325. The highest BCUT2D eigenvalue weighted by molar-refractivity contribution is 7.89. The highest BCUT2D eigenvalue weighted by atomic mass is 32.2. The molecule has 0 aliphatic carbocycles. The molecule has 7 heteroatoms. The third-order valence-electron chi connectivity index (χ3n) is 2.45. The van der Waals surface area contributed by atoms with Crippen molar-refractivity contribution in [1.29, 1.82) is 0 Å². The fourth-order valence-corrected chi connectivity index (χ4v) is 2.42. The van der Waals surface area contributed by atoms with E-state index in [0.717, 1.165) is 5.56 Å². The summed E-state index contributed by atoms with van der Waals surface area (Å²) in [5, 5.41) is 6.09. The molecule has 0 aliphatic rings. The molecule has 0 amide bonds. The van der Waals surface area contributed by atoms with Crippen molar-refractivity contribution in [2.45, 2.75) is 11.4 Å². The minimum Gasteiger partial charge on any atom is -0.399 e. The highest BCUT2D eigenvalue weighted by Gasteiger charge is 2.14. The number of nitrogens with two attached hydrogens (primary N) is 1. The van der Waals surface area contributed by atoms with Gasteiger partial charge < -0.3 is 5.73 Å². The number of H-pyrrole nitrogens is 1. The molecule has 0 atom stereocenters. The van der Waals surface area contributed by atoms with Crippen LogP contribution in [0, 0.1) is 0 Å². The second-order valence-corrected chi connectivity index (χ2v) is 5.55. The smallest absolute Gasteiger partial charge is 0.257 e. The molecular weight excluding hydrogens is 252 g/mol. The standard InChI is InChI=1S/C11H14N4O2S/c12-10-3-1-9(2-4-10)5-8-14-18(16,17)11-6-7-13-15-11/h1-4,6-7,14H,5,8,12H2,(H,13,15). The van der Waals surface area contributed by atoms with Gasteiger partial charge in [-0.15, -0.1) is 0 Å². The Bertz CT molecular complexity index is 590. The predicted octanol–water partition coefficient (Wildman–Crippen LogP) is 0.513. The van der Waals surface area contributed by atoms with E-state index in [1.54, 1.807) is 12.1 Å². The molecule has 2 aromatic rings. The van der Waals surface area contributed by atoms with Crippen LogP contribution in [0.1, 0.15) is 5.56 Å². The summed E-state index contributed by atoms with van der Waals surface area (Å²) >= 11 is 0. The van der Waals surface area contributed by atoms with Crippen LogP contribution in [0.4, 0.5) is 5.69 Å². The van der Waals surface area contributed by atoms with Gasteiger partial charge in [-0.1, -0.05) is 12.1 Å². The molecule has 1 aromatic heterocycles. The normalized spacial score (nSPS) is 11.6. The van der Waals surface area contributed by atoms with Gasteiger partial charge in [0.25, 0.3) is 10.0 Å². The number of sulfonamides is 1. The van der Waals surface area contributed by atoms with Gasteiger partial charge in [-0.2, -0.15) is 5.10 Å². The molecule has 0 saturated heterocycles. The Kier molecular flexibility index (Phi) is 3.63.